The van der Waals surface area contributed by atoms with Crippen molar-refractivity contribution in [2.24, 2.45) is 0 Å². The normalized spacial score (nSPS) is 10.6. The number of hydrogen-bond donors (Lipinski definition) is 1. The molecule has 0 bridgehead atoms. The lowest BCUT2D eigenvalue weighted by Crippen LogP contribution is -1.93. The molecular formula is C23H18N2O2. The molecule has 0 spiro atoms. The van der Waals surface area contributed by atoms with E-state index in [0.29, 0.717) is 17.2 Å². The first-order chi connectivity index (χ1) is 13.2. The molecule has 4 nitrogen and oxygen atoms in total. The molecule has 0 radical (unpaired) electrons. The summed E-state index contributed by atoms with van der Waals surface area (Å²) in [5.74, 6) is 1.27. The number of ketones is 1. The van der Waals surface area contributed by atoms with E-state index in [9.17, 15) is 4.79 Å². The summed E-state index contributed by atoms with van der Waals surface area (Å²) in [5, 5.41) is 4.25. The van der Waals surface area contributed by atoms with Crippen molar-refractivity contribution in [3.05, 3.63) is 90.5 Å². The third-order valence-electron chi connectivity index (χ3n) is 4.21. The van der Waals surface area contributed by atoms with Gasteiger partial charge in [0.1, 0.15) is 5.75 Å². The maximum atomic E-state index is 11.5. The van der Waals surface area contributed by atoms with Crippen molar-refractivity contribution in [2.75, 3.05) is 5.32 Å². The van der Waals surface area contributed by atoms with Gasteiger partial charge in [0.05, 0.1) is 5.52 Å². The van der Waals surface area contributed by atoms with Crippen LogP contribution in [0.5, 0.6) is 11.6 Å². The van der Waals surface area contributed by atoms with Crippen molar-refractivity contribution >= 4 is 28.1 Å². The third kappa shape index (κ3) is 3.96. The van der Waals surface area contributed by atoms with Gasteiger partial charge in [0.25, 0.3) is 0 Å². The molecule has 4 rings (SSSR count). The Hall–Kier alpha value is -3.66. The molecule has 1 N–H and O–H groups in total. The average Bonchev–Trinajstić information content (AvgIpc) is 2.70. The fraction of sp³-hybridized carbons (Fsp3) is 0.0435. The summed E-state index contributed by atoms with van der Waals surface area (Å²) in [6.45, 7) is 1.56. The van der Waals surface area contributed by atoms with Gasteiger partial charge in [-0.15, -0.1) is 0 Å². The summed E-state index contributed by atoms with van der Waals surface area (Å²) in [7, 11) is 0. The molecule has 0 amide bonds. The number of aromatic nitrogens is 1. The number of para-hydroxylation sites is 1. The van der Waals surface area contributed by atoms with E-state index in [0.717, 1.165) is 22.3 Å². The zero-order valence-corrected chi connectivity index (χ0v) is 14.8. The number of carbonyl (C=O) groups excluding carboxylic acids is 1. The van der Waals surface area contributed by atoms with Gasteiger partial charge in [0.2, 0.25) is 5.88 Å². The Morgan fingerprint density at radius 3 is 2.33 bits per heavy atom. The van der Waals surface area contributed by atoms with E-state index in [1.807, 2.05) is 78.9 Å². The van der Waals surface area contributed by atoms with Gasteiger partial charge in [-0.3, -0.25) is 4.79 Å². The molecule has 0 saturated carbocycles. The van der Waals surface area contributed by atoms with Gasteiger partial charge >= 0.3 is 0 Å². The highest BCUT2D eigenvalue weighted by atomic mass is 16.5. The molecule has 4 aromatic rings. The number of carbonyl (C=O) groups is 1. The van der Waals surface area contributed by atoms with Crippen LogP contribution in [0.15, 0.2) is 84.9 Å². The van der Waals surface area contributed by atoms with Crippen LogP contribution < -0.4 is 10.1 Å². The Morgan fingerprint density at radius 1 is 0.852 bits per heavy atom. The third-order valence-corrected chi connectivity index (χ3v) is 4.21. The molecule has 27 heavy (non-hydrogen) atoms. The summed E-state index contributed by atoms with van der Waals surface area (Å²) >= 11 is 0. The van der Waals surface area contributed by atoms with E-state index >= 15 is 0 Å². The second-order valence-corrected chi connectivity index (χ2v) is 6.23. The lowest BCUT2D eigenvalue weighted by molar-refractivity contribution is 0.101. The van der Waals surface area contributed by atoms with Gasteiger partial charge in [-0.2, -0.15) is 0 Å². The Balaban J connectivity index is 1.50. The number of Topliss-reactive ketones (excluding diaryl/α,β-unsaturated/α-hetero) is 1. The minimum atomic E-state index is 0.0430. The first-order valence-corrected chi connectivity index (χ1v) is 8.69. The maximum Gasteiger partial charge on any atom is 0.219 e. The second kappa shape index (κ2) is 7.30. The minimum absolute atomic E-state index is 0.0430. The molecule has 4 heteroatoms. The summed E-state index contributed by atoms with van der Waals surface area (Å²) in [5.41, 5.74) is 3.49. The number of anilines is 2. The van der Waals surface area contributed by atoms with Crippen LogP contribution in [0.2, 0.25) is 0 Å². The lowest BCUT2D eigenvalue weighted by Gasteiger charge is -2.09. The first-order valence-electron chi connectivity index (χ1n) is 8.69. The molecule has 3 aromatic carbocycles. The highest BCUT2D eigenvalue weighted by molar-refractivity contribution is 5.97. The topological polar surface area (TPSA) is 51.2 Å². The number of hydrogen-bond acceptors (Lipinski definition) is 4. The number of nitrogens with one attached hydrogen (secondary N) is 1. The molecule has 0 aliphatic rings. The van der Waals surface area contributed by atoms with Gasteiger partial charge in [-0.1, -0.05) is 18.2 Å². The number of pyridine rings is 1. The van der Waals surface area contributed by atoms with Crippen LogP contribution in [-0.2, 0) is 0 Å². The Kier molecular flexibility index (Phi) is 4.54. The average molecular weight is 354 g/mol. The molecule has 0 unspecified atom stereocenters. The van der Waals surface area contributed by atoms with E-state index in [2.05, 4.69) is 10.3 Å². The number of rotatable bonds is 5. The Bertz CT molecular complexity index is 1090. The fourth-order valence-corrected chi connectivity index (χ4v) is 2.80. The summed E-state index contributed by atoms with van der Waals surface area (Å²) in [4.78, 5) is 16.0. The van der Waals surface area contributed by atoms with Crippen LogP contribution in [0.4, 0.5) is 11.4 Å². The predicted octanol–water partition coefficient (Wildman–Crippen LogP) is 5.97. The van der Waals surface area contributed by atoms with Crippen molar-refractivity contribution in [1.29, 1.82) is 0 Å². The SMILES string of the molecule is CC(=O)c1ccc2nc(Oc3ccc(Nc4ccccc4)cc3)ccc2c1. The number of nitrogens with zero attached hydrogens (tertiary/aromatic N) is 1. The van der Waals surface area contributed by atoms with Crippen LogP contribution in [0, 0.1) is 0 Å². The van der Waals surface area contributed by atoms with E-state index in [-0.39, 0.29) is 5.78 Å². The maximum absolute atomic E-state index is 11.5. The van der Waals surface area contributed by atoms with E-state index in [4.69, 9.17) is 4.74 Å². The van der Waals surface area contributed by atoms with Gasteiger partial charge in [0, 0.05) is 28.4 Å². The molecule has 1 aromatic heterocycles. The van der Waals surface area contributed by atoms with Gasteiger partial charge < -0.3 is 10.1 Å². The molecule has 0 saturated heterocycles. The van der Waals surface area contributed by atoms with E-state index in [1.54, 1.807) is 13.0 Å². The predicted molar refractivity (Wildman–Crippen MR) is 108 cm³/mol. The van der Waals surface area contributed by atoms with Crippen molar-refractivity contribution in [2.45, 2.75) is 6.92 Å². The number of ether oxygens (including phenoxy) is 1. The molecule has 0 atom stereocenters. The molecule has 0 aliphatic heterocycles. The summed E-state index contributed by atoms with van der Waals surface area (Å²) < 4.78 is 5.86. The summed E-state index contributed by atoms with van der Waals surface area (Å²) in [6.07, 6.45) is 0. The zero-order valence-electron chi connectivity index (χ0n) is 14.8. The van der Waals surface area contributed by atoms with Gasteiger partial charge in [-0.05, 0) is 67.6 Å². The van der Waals surface area contributed by atoms with Crippen LogP contribution in [0.25, 0.3) is 10.9 Å². The van der Waals surface area contributed by atoms with Crippen molar-refractivity contribution in [3.63, 3.8) is 0 Å². The van der Waals surface area contributed by atoms with Gasteiger partial charge in [0.15, 0.2) is 5.78 Å². The van der Waals surface area contributed by atoms with Crippen molar-refractivity contribution in [3.8, 4) is 11.6 Å². The highest BCUT2D eigenvalue weighted by Crippen LogP contribution is 2.25. The number of fused-ring (bicyclic) bond motifs is 1. The molecule has 1 heterocycles. The summed E-state index contributed by atoms with van der Waals surface area (Å²) in [6, 6.07) is 26.9. The fourth-order valence-electron chi connectivity index (χ4n) is 2.80. The largest absolute Gasteiger partial charge is 0.439 e. The van der Waals surface area contributed by atoms with Gasteiger partial charge in [-0.25, -0.2) is 4.98 Å². The Labute approximate surface area is 157 Å². The van der Waals surface area contributed by atoms with Crippen LogP contribution in [0.3, 0.4) is 0 Å². The van der Waals surface area contributed by atoms with E-state index < -0.39 is 0 Å². The molecule has 0 aliphatic carbocycles. The first kappa shape index (κ1) is 16.8. The monoisotopic (exact) mass is 354 g/mol. The minimum Gasteiger partial charge on any atom is -0.439 e. The molecule has 132 valence electrons. The van der Waals surface area contributed by atoms with Crippen LogP contribution >= 0.6 is 0 Å². The van der Waals surface area contributed by atoms with Crippen LogP contribution in [-0.4, -0.2) is 10.8 Å². The van der Waals surface area contributed by atoms with Crippen molar-refractivity contribution in [1.82, 2.24) is 4.98 Å². The van der Waals surface area contributed by atoms with E-state index in [1.165, 1.54) is 0 Å². The number of benzene rings is 3. The quantitative estimate of drug-likeness (QED) is 0.448. The van der Waals surface area contributed by atoms with Crippen LogP contribution in [0.1, 0.15) is 17.3 Å². The zero-order chi connectivity index (χ0) is 18.6. The second-order valence-electron chi connectivity index (χ2n) is 6.23. The molecule has 0 fully saturated rings. The standard InChI is InChI=1S/C23H18N2O2/c1-16(26)17-7-13-22-18(15-17)8-14-23(25-22)27-21-11-9-20(10-12-21)24-19-5-3-2-4-6-19/h2-15,24H,1H3. The molecular weight excluding hydrogens is 336 g/mol. The smallest absolute Gasteiger partial charge is 0.219 e. The lowest BCUT2D eigenvalue weighted by atomic mass is 10.1. The van der Waals surface area contributed by atoms with Crippen molar-refractivity contribution < 1.29 is 9.53 Å². The highest BCUT2D eigenvalue weighted by Gasteiger charge is 2.05. The Morgan fingerprint density at radius 2 is 1.59 bits per heavy atom.